The first kappa shape index (κ1) is 22.0. The maximum absolute atomic E-state index is 13.1. The second kappa shape index (κ2) is 9.56. The molecule has 1 N–H and O–H groups in total. The van der Waals surface area contributed by atoms with Crippen molar-refractivity contribution in [2.75, 3.05) is 39.5 Å². The van der Waals surface area contributed by atoms with Gasteiger partial charge in [0.1, 0.15) is 5.56 Å². The highest BCUT2D eigenvalue weighted by Crippen LogP contribution is 2.32. The fourth-order valence-electron chi connectivity index (χ4n) is 4.31. The number of fused-ring (bicyclic) bond motifs is 1. The number of ether oxygens (including phenoxy) is 2. The molecule has 3 aromatic rings. The van der Waals surface area contributed by atoms with E-state index in [9.17, 15) is 14.4 Å². The number of nitrogens with one attached hydrogen (secondary N) is 1. The summed E-state index contributed by atoms with van der Waals surface area (Å²) in [5.41, 5.74) is 0.798. The van der Waals surface area contributed by atoms with E-state index >= 15 is 0 Å². The van der Waals surface area contributed by atoms with Crippen LogP contribution in [0.3, 0.4) is 0 Å². The summed E-state index contributed by atoms with van der Waals surface area (Å²) in [4.78, 5) is 45.1. The van der Waals surface area contributed by atoms with Crippen LogP contribution in [0, 0.1) is 0 Å². The molecule has 2 aromatic carbocycles. The summed E-state index contributed by atoms with van der Waals surface area (Å²) < 4.78 is 11.7. The Morgan fingerprint density at radius 2 is 1.68 bits per heavy atom. The van der Waals surface area contributed by atoms with Crippen molar-refractivity contribution in [3.8, 4) is 11.5 Å². The van der Waals surface area contributed by atoms with E-state index in [1.807, 2.05) is 18.2 Å². The summed E-state index contributed by atoms with van der Waals surface area (Å²) in [5, 5.41) is 0. The molecule has 0 bridgehead atoms. The number of amides is 1. The molecule has 9 nitrogen and oxygen atoms in total. The molecule has 0 saturated carbocycles. The fourth-order valence-corrected chi connectivity index (χ4v) is 4.31. The summed E-state index contributed by atoms with van der Waals surface area (Å²) in [6, 6.07) is 15.6. The molecule has 3 heterocycles. The van der Waals surface area contributed by atoms with Gasteiger partial charge in [-0.2, -0.15) is 0 Å². The summed E-state index contributed by atoms with van der Waals surface area (Å²) >= 11 is 0. The van der Waals surface area contributed by atoms with E-state index in [1.54, 1.807) is 23.1 Å². The van der Waals surface area contributed by atoms with E-state index in [0.29, 0.717) is 30.2 Å². The standard InChI is InChI=1S/C25H26N4O5/c30-23(28-12-10-27(11-13-28)9-8-18-4-2-1-3-5-18)20-15-26-25(32)29(24(20)31)16-19-6-7-21-22(14-19)34-17-33-21/h1-7,14-15H,8-13,16-17H2,(H,26,32). The smallest absolute Gasteiger partial charge is 0.328 e. The van der Waals surface area contributed by atoms with Crippen molar-refractivity contribution >= 4 is 5.91 Å². The van der Waals surface area contributed by atoms with Gasteiger partial charge < -0.3 is 19.4 Å². The molecule has 0 unspecified atom stereocenters. The van der Waals surface area contributed by atoms with Gasteiger partial charge in [-0.1, -0.05) is 36.4 Å². The first-order chi connectivity index (χ1) is 16.6. The molecular formula is C25H26N4O5. The van der Waals surface area contributed by atoms with Crippen LogP contribution in [0.5, 0.6) is 11.5 Å². The number of H-pyrrole nitrogens is 1. The predicted octanol–water partition coefficient (Wildman–Crippen LogP) is 1.31. The van der Waals surface area contributed by atoms with Gasteiger partial charge in [0.25, 0.3) is 11.5 Å². The van der Waals surface area contributed by atoms with Gasteiger partial charge in [0.15, 0.2) is 11.5 Å². The van der Waals surface area contributed by atoms with Crippen LogP contribution in [0.4, 0.5) is 0 Å². The number of carbonyl (C=O) groups excluding carboxylic acids is 1. The lowest BCUT2D eigenvalue weighted by atomic mass is 10.1. The molecule has 9 heteroatoms. The van der Waals surface area contributed by atoms with Crippen LogP contribution < -0.4 is 20.7 Å². The van der Waals surface area contributed by atoms with E-state index in [2.05, 4.69) is 22.0 Å². The molecule has 0 spiro atoms. The minimum Gasteiger partial charge on any atom is -0.454 e. The van der Waals surface area contributed by atoms with Crippen LogP contribution in [-0.2, 0) is 13.0 Å². The lowest BCUT2D eigenvalue weighted by Crippen LogP contribution is -2.50. The van der Waals surface area contributed by atoms with Crippen LogP contribution >= 0.6 is 0 Å². The third-order valence-corrected chi connectivity index (χ3v) is 6.29. The molecule has 0 atom stereocenters. The minimum absolute atomic E-state index is 0.0270. The Morgan fingerprint density at radius 1 is 0.912 bits per heavy atom. The molecule has 2 aliphatic rings. The number of rotatable bonds is 6. The van der Waals surface area contributed by atoms with Gasteiger partial charge in [-0.3, -0.25) is 19.1 Å². The number of benzene rings is 2. The average molecular weight is 463 g/mol. The van der Waals surface area contributed by atoms with Crippen molar-refractivity contribution in [3.63, 3.8) is 0 Å². The molecular weight excluding hydrogens is 436 g/mol. The molecule has 1 aromatic heterocycles. The highest BCUT2D eigenvalue weighted by Gasteiger charge is 2.25. The Kier molecular flexibility index (Phi) is 6.18. The second-order valence-electron chi connectivity index (χ2n) is 8.46. The Balaban J connectivity index is 1.25. The highest BCUT2D eigenvalue weighted by atomic mass is 16.7. The predicted molar refractivity (Wildman–Crippen MR) is 125 cm³/mol. The lowest BCUT2D eigenvalue weighted by Gasteiger charge is -2.34. The topological polar surface area (TPSA) is 96.9 Å². The van der Waals surface area contributed by atoms with Gasteiger partial charge in [0, 0.05) is 38.9 Å². The monoisotopic (exact) mass is 462 g/mol. The summed E-state index contributed by atoms with van der Waals surface area (Å²) in [7, 11) is 0. The van der Waals surface area contributed by atoms with Crippen molar-refractivity contribution in [2.45, 2.75) is 13.0 Å². The zero-order valence-electron chi connectivity index (χ0n) is 18.7. The van der Waals surface area contributed by atoms with Crippen LogP contribution in [0.2, 0.25) is 0 Å². The van der Waals surface area contributed by atoms with Gasteiger partial charge >= 0.3 is 5.69 Å². The van der Waals surface area contributed by atoms with Crippen molar-refractivity contribution in [3.05, 3.63) is 92.3 Å². The average Bonchev–Trinajstić information content (AvgIpc) is 3.34. The molecule has 1 saturated heterocycles. The van der Waals surface area contributed by atoms with E-state index in [1.165, 1.54) is 11.8 Å². The number of hydrogen-bond acceptors (Lipinski definition) is 6. The van der Waals surface area contributed by atoms with Gasteiger partial charge in [0.2, 0.25) is 6.79 Å². The molecule has 176 valence electrons. The molecule has 0 radical (unpaired) electrons. The third kappa shape index (κ3) is 4.60. The Morgan fingerprint density at radius 3 is 2.47 bits per heavy atom. The number of carbonyl (C=O) groups is 1. The third-order valence-electron chi connectivity index (χ3n) is 6.29. The number of nitrogens with zero attached hydrogens (tertiary/aromatic N) is 3. The highest BCUT2D eigenvalue weighted by molar-refractivity contribution is 5.93. The van der Waals surface area contributed by atoms with Crippen molar-refractivity contribution < 1.29 is 14.3 Å². The number of piperazine rings is 1. The number of aromatic amines is 1. The molecule has 34 heavy (non-hydrogen) atoms. The number of aromatic nitrogens is 2. The Bertz CT molecular complexity index is 1290. The molecule has 1 fully saturated rings. The Labute approximate surface area is 196 Å². The SMILES string of the molecule is O=C(c1c[nH]c(=O)n(Cc2ccc3c(c2)OCO3)c1=O)N1CCN(CCc2ccccc2)CC1. The molecule has 5 rings (SSSR count). The molecule has 1 amide bonds. The largest absolute Gasteiger partial charge is 0.454 e. The zero-order valence-corrected chi connectivity index (χ0v) is 18.7. The van der Waals surface area contributed by atoms with Crippen LogP contribution in [0.15, 0.2) is 64.3 Å². The lowest BCUT2D eigenvalue weighted by molar-refractivity contribution is 0.0635. The van der Waals surface area contributed by atoms with E-state index in [4.69, 9.17) is 9.47 Å². The quantitative estimate of drug-likeness (QED) is 0.594. The first-order valence-corrected chi connectivity index (χ1v) is 11.3. The zero-order chi connectivity index (χ0) is 23.5. The van der Waals surface area contributed by atoms with Crippen LogP contribution in [0.1, 0.15) is 21.5 Å². The maximum Gasteiger partial charge on any atom is 0.328 e. The van der Waals surface area contributed by atoms with Gasteiger partial charge in [-0.15, -0.1) is 0 Å². The van der Waals surface area contributed by atoms with Crippen molar-refractivity contribution in [2.24, 2.45) is 0 Å². The van der Waals surface area contributed by atoms with Crippen LogP contribution in [-0.4, -0.2) is 64.8 Å². The van der Waals surface area contributed by atoms with Gasteiger partial charge in [0.05, 0.1) is 6.54 Å². The Hall–Kier alpha value is -3.85. The second-order valence-corrected chi connectivity index (χ2v) is 8.46. The minimum atomic E-state index is -0.599. The first-order valence-electron chi connectivity index (χ1n) is 11.3. The van der Waals surface area contributed by atoms with E-state index in [-0.39, 0.29) is 24.8 Å². The summed E-state index contributed by atoms with van der Waals surface area (Å²) in [5.74, 6) is 0.833. The fraction of sp³-hybridized carbons (Fsp3) is 0.320. The number of hydrogen-bond donors (Lipinski definition) is 1. The van der Waals surface area contributed by atoms with Crippen molar-refractivity contribution in [1.82, 2.24) is 19.4 Å². The molecule has 2 aliphatic heterocycles. The molecule has 0 aliphatic carbocycles. The van der Waals surface area contributed by atoms with Crippen molar-refractivity contribution in [1.29, 1.82) is 0 Å². The maximum atomic E-state index is 13.1. The van der Waals surface area contributed by atoms with Gasteiger partial charge in [-0.05, 0) is 29.7 Å². The van der Waals surface area contributed by atoms with E-state index < -0.39 is 11.2 Å². The van der Waals surface area contributed by atoms with Gasteiger partial charge in [-0.25, -0.2) is 4.79 Å². The normalized spacial score (nSPS) is 15.5. The van der Waals surface area contributed by atoms with Crippen LogP contribution in [0.25, 0.3) is 0 Å². The summed E-state index contributed by atoms with van der Waals surface area (Å²) in [6.07, 6.45) is 2.18. The van der Waals surface area contributed by atoms with E-state index in [0.717, 1.165) is 30.6 Å². The summed E-state index contributed by atoms with van der Waals surface area (Å²) in [6.45, 7) is 3.65.